The number of rotatable bonds is 8. The number of thioether (sulfide) groups is 1. The Bertz CT molecular complexity index is 261. The highest BCUT2D eigenvalue weighted by Gasteiger charge is 2.02. The number of nitrogens with one attached hydrogen (secondary N) is 1. The van der Waals surface area contributed by atoms with Crippen LogP contribution in [0.25, 0.3) is 0 Å². The molecule has 2 heteroatoms. The van der Waals surface area contributed by atoms with Crippen LogP contribution in [0, 0.1) is 0 Å². The lowest BCUT2D eigenvalue weighted by atomic mass is 10.1. The van der Waals surface area contributed by atoms with E-state index in [0.717, 1.165) is 6.54 Å². The van der Waals surface area contributed by atoms with Crippen molar-refractivity contribution in [2.75, 3.05) is 18.6 Å². The van der Waals surface area contributed by atoms with Crippen LogP contribution in [0.15, 0.2) is 30.3 Å². The Balaban J connectivity index is 2.09. The Morgan fingerprint density at radius 1 is 1.12 bits per heavy atom. The SMILES string of the molecule is CSCCCCCNC(C)c1ccccc1. The van der Waals surface area contributed by atoms with Crippen molar-refractivity contribution in [2.45, 2.75) is 32.2 Å². The number of benzene rings is 1. The molecule has 0 aromatic heterocycles. The van der Waals surface area contributed by atoms with Crippen LogP contribution in [0.3, 0.4) is 0 Å². The molecule has 0 heterocycles. The Morgan fingerprint density at radius 2 is 1.88 bits per heavy atom. The van der Waals surface area contributed by atoms with E-state index in [4.69, 9.17) is 0 Å². The highest BCUT2D eigenvalue weighted by molar-refractivity contribution is 7.98. The van der Waals surface area contributed by atoms with Gasteiger partial charge in [0.1, 0.15) is 0 Å². The molecule has 1 unspecified atom stereocenters. The molecule has 0 aliphatic heterocycles. The molecule has 1 N–H and O–H groups in total. The molecule has 0 fully saturated rings. The van der Waals surface area contributed by atoms with Gasteiger partial charge in [-0.15, -0.1) is 0 Å². The molecule has 0 saturated heterocycles. The van der Waals surface area contributed by atoms with Gasteiger partial charge in [-0.1, -0.05) is 36.8 Å². The Hall–Kier alpha value is -0.470. The van der Waals surface area contributed by atoms with Crippen LogP contribution >= 0.6 is 11.8 Å². The van der Waals surface area contributed by atoms with E-state index < -0.39 is 0 Å². The summed E-state index contributed by atoms with van der Waals surface area (Å²) < 4.78 is 0. The molecule has 1 nitrogen and oxygen atoms in total. The Labute approximate surface area is 104 Å². The first-order valence-electron chi connectivity index (χ1n) is 6.12. The van der Waals surface area contributed by atoms with Crippen molar-refractivity contribution < 1.29 is 0 Å². The summed E-state index contributed by atoms with van der Waals surface area (Å²) in [6, 6.07) is 11.1. The maximum Gasteiger partial charge on any atom is 0.0291 e. The topological polar surface area (TPSA) is 12.0 Å². The molecule has 0 saturated carbocycles. The zero-order valence-corrected chi connectivity index (χ0v) is 11.2. The van der Waals surface area contributed by atoms with E-state index in [9.17, 15) is 0 Å². The first kappa shape index (κ1) is 13.6. The van der Waals surface area contributed by atoms with Gasteiger partial charge >= 0.3 is 0 Å². The highest BCUT2D eigenvalue weighted by atomic mass is 32.2. The van der Waals surface area contributed by atoms with Crippen molar-refractivity contribution in [1.82, 2.24) is 5.32 Å². The summed E-state index contributed by atoms with van der Waals surface area (Å²) in [6.07, 6.45) is 6.16. The predicted octanol–water partition coefficient (Wildman–Crippen LogP) is 3.87. The van der Waals surface area contributed by atoms with E-state index >= 15 is 0 Å². The summed E-state index contributed by atoms with van der Waals surface area (Å²) >= 11 is 1.94. The third-order valence-corrected chi connectivity index (χ3v) is 3.47. The lowest BCUT2D eigenvalue weighted by Crippen LogP contribution is -2.19. The van der Waals surface area contributed by atoms with E-state index in [1.807, 2.05) is 11.8 Å². The maximum absolute atomic E-state index is 3.57. The van der Waals surface area contributed by atoms with Crippen LogP contribution in [-0.2, 0) is 0 Å². The number of unbranched alkanes of at least 4 members (excludes halogenated alkanes) is 2. The second kappa shape index (κ2) is 8.66. The first-order chi connectivity index (χ1) is 7.84. The van der Waals surface area contributed by atoms with Gasteiger partial charge in [0.05, 0.1) is 0 Å². The zero-order valence-electron chi connectivity index (χ0n) is 10.4. The molecule has 1 rings (SSSR count). The molecule has 0 aliphatic carbocycles. The van der Waals surface area contributed by atoms with Crippen molar-refractivity contribution in [3.05, 3.63) is 35.9 Å². The zero-order chi connectivity index (χ0) is 11.6. The van der Waals surface area contributed by atoms with E-state index in [1.165, 1.54) is 30.6 Å². The van der Waals surface area contributed by atoms with Crippen molar-refractivity contribution in [2.24, 2.45) is 0 Å². The van der Waals surface area contributed by atoms with Crippen LogP contribution in [0.1, 0.15) is 37.8 Å². The largest absolute Gasteiger partial charge is 0.310 e. The van der Waals surface area contributed by atoms with Gasteiger partial charge in [0.25, 0.3) is 0 Å². The molecule has 1 aromatic rings. The smallest absolute Gasteiger partial charge is 0.0291 e. The van der Waals surface area contributed by atoms with Gasteiger partial charge in [-0.05, 0) is 43.9 Å². The standard InChI is InChI=1S/C14H23NS/c1-13(14-9-5-3-6-10-14)15-11-7-4-8-12-16-2/h3,5-6,9-10,13,15H,4,7-8,11-12H2,1-2H3. The Kier molecular flexibility index (Phi) is 7.35. The third-order valence-electron chi connectivity index (χ3n) is 2.78. The second-order valence-corrected chi connectivity index (χ2v) is 5.13. The van der Waals surface area contributed by atoms with Crippen LogP contribution < -0.4 is 5.32 Å². The lowest BCUT2D eigenvalue weighted by Gasteiger charge is -2.13. The van der Waals surface area contributed by atoms with Crippen LogP contribution in [0.2, 0.25) is 0 Å². The van der Waals surface area contributed by atoms with Crippen molar-refractivity contribution in [3.8, 4) is 0 Å². The minimum Gasteiger partial charge on any atom is -0.310 e. The lowest BCUT2D eigenvalue weighted by molar-refractivity contribution is 0.545. The molecule has 1 aromatic carbocycles. The minimum atomic E-state index is 0.474. The van der Waals surface area contributed by atoms with Crippen LogP contribution in [0.4, 0.5) is 0 Å². The number of hydrogen-bond donors (Lipinski definition) is 1. The monoisotopic (exact) mass is 237 g/mol. The molecular weight excluding hydrogens is 214 g/mol. The summed E-state index contributed by atoms with van der Waals surface area (Å²) in [5.41, 5.74) is 1.38. The molecule has 0 amide bonds. The van der Waals surface area contributed by atoms with Crippen molar-refractivity contribution in [3.63, 3.8) is 0 Å². The molecule has 0 bridgehead atoms. The quantitative estimate of drug-likeness (QED) is 0.689. The molecule has 90 valence electrons. The fourth-order valence-electron chi connectivity index (χ4n) is 1.73. The van der Waals surface area contributed by atoms with Gasteiger partial charge in [-0.2, -0.15) is 11.8 Å². The molecular formula is C14H23NS. The average molecular weight is 237 g/mol. The van der Waals surface area contributed by atoms with Gasteiger partial charge in [0, 0.05) is 6.04 Å². The fraction of sp³-hybridized carbons (Fsp3) is 0.571. The normalized spacial score (nSPS) is 12.6. The average Bonchev–Trinajstić information content (AvgIpc) is 2.34. The van der Waals surface area contributed by atoms with Crippen molar-refractivity contribution in [1.29, 1.82) is 0 Å². The fourth-order valence-corrected chi connectivity index (χ4v) is 2.22. The first-order valence-corrected chi connectivity index (χ1v) is 7.51. The van der Waals surface area contributed by atoms with E-state index in [2.05, 4.69) is 48.8 Å². The molecule has 0 spiro atoms. The molecule has 0 aliphatic rings. The maximum atomic E-state index is 3.57. The summed E-state index contributed by atoms with van der Waals surface area (Å²) in [6.45, 7) is 3.36. The van der Waals surface area contributed by atoms with Gasteiger partial charge in [0.2, 0.25) is 0 Å². The second-order valence-electron chi connectivity index (χ2n) is 4.14. The van der Waals surface area contributed by atoms with Crippen LogP contribution in [0.5, 0.6) is 0 Å². The highest BCUT2D eigenvalue weighted by Crippen LogP contribution is 2.11. The van der Waals surface area contributed by atoms with Gasteiger partial charge in [0.15, 0.2) is 0 Å². The summed E-state index contributed by atoms with van der Waals surface area (Å²) in [7, 11) is 0. The Morgan fingerprint density at radius 3 is 2.56 bits per heavy atom. The number of hydrogen-bond acceptors (Lipinski definition) is 2. The van der Waals surface area contributed by atoms with Gasteiger partial charge < -0.3 is 5.32 Å². The third kappa shape index (κ3) is 5.57. The molecule has 1 atom stereocenters. The molecule has 16 heavy (non-hydrogen) atoms. The summed E-state index contributed by atoms with van der Waals surface area (Å²) in [4.78, 5) is 0. The van der Waals surface area contributed by atoms with Crippen molar-refractivity contribution >= 4 is 11.8 Å². The van der Waals surface area contributed by atoms with Gasteiger partial charge in [-0.3, -0.25) is 0 Å². The van der Waals surface area contributed by atoms with E-state index in [0.29, 0.717) is 6.04 Å². The summed E-state index contributed by atoms with van der Waals surface area (Å²) in [5.74, 6) is 1.30. The summed E-state index contributed by atoms with van der Waals surface area (Å²) in [5, 5.41) is 3.57. The molecule has 0 radical (unpaired) electrons. The predicted molar refractivity (Wildman–Crippen MR) is 75.1 cm³/mol. The van der Waals surface area contributed by atoms with Crippen LogP contribution in [-0.4, -0.2) is 18.6 Å². The minimum absolute atomic E-state index is 0.474. The van der Waals surface area contributed by atoms with E-state index in [1.54, 1.807) is 0 Å². The van der Waals surface area contributed by atoms with E-state index in [-0.39, 0.29) is 0 Å². The van der Waals surface area contributed by atoms with Gasteiger partial charge in [-0.25, -0.2) is 0 Å².